The number of likely N-dealkylation sites (tertiary alicyclic amines) is 1. The smallest absolute Gasteiger partial charge is 0.344 e. The molecule has 1 aliphatic carbocycles. The third-order valence-corrected chi connectivity index (χ3v) is 6.97. The van der Waals surface area contributed by atoms with Gasteiger partial charge in [-0.2, -0.15) is 0 Å². The minimum absolute atomic E-state index is 0.00999. The van der Waals surface area contributed by atoms with Crippen LogP contribution in [0.1, 0.15) is 33.8 Å². The first-order valence-corrected chi connectivity index (χ1v) is 10.4. The third kappa shape index (κ3) is 3.20. The molecule has 3 aliphatic heterocycles. The van der Waals surface area contributed by atoms with Crippen molar-refractivity contribution in [1.29, 1.82) is 0 Å². The van der Waals surface area contributed by atoms with E-state index in [1.807, 2.05) is 0 Å². The van der Waals surface area contributed by atoms with Gasteiger partial charge in [-0.3, -0.25) is 14.4 Å². The Balaban J connectivity index is 1.31. The van der Waals surface area contributed by atoms with Crippen molar-refractivity contribution in [2.75, 3.05) is 19.6 Å². The molecule has 0 aromatic carbocycles. The normalized spacial score (nSPS) is 26.2. The molecule has 13 heteroatoms. The zero-order valence-corrected chi connectivity index (χ0v) is 17.1. The maximum Gasteiger partial charge on any atom is 0.344 e. The summed E-state index contributed by atoms with van der Waals surface area (Å²) in [5.41, 5.74) is 4.00. The van der Waals surface area contributed by atoms with Crippen molar-refractivity contribution in [3.05, 3.63) is 44.8 Å². The number of rotatable bonds is 4. The quantitative estimate of drug-likeness (QED) is 0.479. The highest BCUT2D eigenvalue weighted by Crippen LogP contribution is 2.47. The van der Waals surface area contributed by atoms with Gasteiger partial charge in [-0.25, -0.2) is 34.3 Å². The molecule has 1 saturated carbocycles. The van der Waals surface area contributed by atoms with Gasteiger partial charge in [0.15, 0.2) is 0 Å². The van der Waals surface area contributed by atoms with Crippen molar-refractivity contribution in [3.8, 4) is 0 Å². The molecule has 5 heterocycles. The highest BCUT2D eigenvalue weighted by Gasteiger charge is 2.53. The lowest BCUT2D eigenvalue weighted by Crippen LogP contribution is -2.60. The number of hydrogen-bond acceptors (Lipinski definition) is 7. The number of hydrogen-bond donors (Lipinski definition) is 3. The predicted octanol–water partition coefficient (Wildman–Crippen LogP) is -2.24. The van der Waals surface area contributed by atoms with Crippen LogP contribution in [-0.2, 0) is 11.3 Å². The van der Waals surface area contributed by atoms with Gasteiger partial charge in [0.1, 0.15) is 17.9 Å². The largest absolute Gasteiger partial charge is 0.364 e. The Morgan fingerprint density at radius 2 is 1.62 bits per heavy atom. The molecule has 6 rings (SSSR count). The van der Waals surface area contributed by atoms with E-state index < -0.39 is 17.3 Å². The molecule has 4 aliphatic rings. The van der Waals surface area contributed by atoms with Crippen LogP contribution in [0.5, 0.6) is 0 Å². The van der Waals surface area contributed by atoms with E-state index in [1.54, 1.807) is 9.80 Å². The summed E-state index contributed by atoms with van der Waals surface area (Å²) >= 11 is 0. The second kappa shape index (κ2) is 7.43. The van der Waals surface area contributed by atoms with E-state index in [1.165, 1.54) is 12.4 Å². The summed E-state index contributed by atoms with van der Waals surface area (Å²) in [5, 5.41) is 4.36. The highest BCUT2D eigenvalue weighted by atomic mass is 16.2. The number of H-pyrrole nitrogens is 2. The fourth-order valence-electron chi connectivity index (χ4n) is 5.46. The monoisotopic (exact) mass is 442 g/mol. The Bertz CT molecular complexity index is 1170. The summed E-state index contributed by atoms with van der Waals surface area (Å²) in [6.07, 6.45) is 4.23. The van der Waals surface area contributed by atoms with Crippen LogP contribution in [0.4, 0.5) is 0 Å². The Kier molecular flexibility index (Phi) is 4.68. The lowest BCUT2D eigenvalue weighted by molar-refractivity contribution is -0.144. The van der Waals surface area contributed by atoms with E-state index in [0.29, 0.717) is 19.6 Å². The van der Waals surface area contributed by atoms with E-state index in [9.17, 15) is 24.0 Å². The van der Waals surface area contributed by atoms with Gasteiger partial charge >= 0.3 is 11.4 Å². The molecule has 0 radical (unpaired) electrons. The molecule has 4 fully saturated rings. The molecule has 4 unspecified atom stereocenters. The van der Waals surface area contributed by atoms with Crippen LogP contribution >= 0.6 is 0 Å². The van der Waals surface area contributed by atoms with Gasteiger partial charge in [-0.1, -0.05) is 0 Å². The third-order valence-electron chi connectivity index (χ3n) is 6.97. The number of amides is 3. The second-order valence-corrected chi connectivity index (χ2v) is 8.59. The molecule has 2 aromatic heterocycles. The number of primary amides is 1. The van der Waals surface area contributed by atoms with E-state index in [2.05, 4.69) is 20.2 Å². The van der Waals surface area contributed by atoms with Crippen molar-refractivity contribution >= 4 is 17.7 Å². The predicted molar refractivity (Wildman–Crippen MR) is 107 cm³/mol. The van der Waals surface area contributed by atoms with Gasteiger partial charge in [0.25, 0.3) is 11.8 Å². The average molecular weight is 442 g/mol. The molecule has 4 atom stereocenters. The molecule has 4 N–H and O–H groups in total. The van der Waals surface area contributed by atoms with Gasteiger partial charge in [0.2, 0.25) is 5.91 Å². The molecule has 2 aromatic rings. The SMILES string of the molecule is NC(=O)c1cnc(C(=O)N2CC3C4CCC(C3C2)N(C(=O)Cn2c(=O)[nH][nH]c2=O)C4)cn1. The van der Waals surface area contributed by atoms with Gasteiger partial charge in [0, 0.05) is 31.6 Å². The topological polar surface area (TPSA) is 180 Å². The molecule has 3 saturated heterocycles. The average Bonchev–Trinajstić information content (AvgIpc) is 3.39. The number of nitrogens with zero attached hydrogens (tertiary/aromatic N) is 5. The summed E-state index contributed by atoms with van der Waals surface area (Å²) < 4.78 is 0.848. The van der Waals surface area contributed by atoms with Crippen LogP contribution in [0, 0.1) is 17.8 Å². The molecule has 2 bridgehead atoms. The number of nitrogens with two attached hydrogens (primary N) is 1. The number of nitrogens with one attached hydrogen (secondary N) is 2. The molecule has 168 valence electrons. The van der Waals surface area contributed by atoms with E-state index in [0.717, 1.165) is 17.4 Å². The lowest BCUT2D eigenvalue weighted by atomic mass is 9.66. The van der Waals surface area contributed by atoms with Crippen LogP contribution in [0.15, 0.2) is 22.0 Å². The van der Waals surface area contributed by atoms with Crippen molar-refractivity contribution in [1.82, 2.24) is 34.5 Å². The van der Waals surface area contributed by atoms with Crippen LogP contribution in [0.2, 0.25) is 0 Å². The number of carbonyl (C=O) groups excluding carboxylic acids is 3. The first-order chi connectivity index (χ1) is 15.3. The molecular weight excluding hydrogens is 420 g/mol. The van der Waals surface area contributed by atoms with Gasteiger partial charge < -0.3 is 15.5 Å². The number of piperidine rings is 2. The fourth-order valence-corrected chi connectivity index (χ4v) is 5.46. The first-order valence-electron chi connectivity index (χ1n) is 10.4. The Hall–Kier alpha value is -3.77. The summed E-state index contributed by atoms with van der Waals surface area (Å²) in [4.78, 5) is 71.9. The molecule has 0 spiro atoms. The molecule has 3 amide bonds. The van der Waals surface area contributed by atoms with Crippen LogP contribution in [0.25, 0.3) is 0 Å². The minimum atomic E-state index is -0.714. The summed E-state index contributed by atoms with van der Waals surface area (Å²) in [5.74, 6) is -0.619. The Labute approximate surface area is 180 Å². The summed E-state index contributed by atoms with van der Waals surface area (Å²) in [7, 11) is 0. The molecular formula is C19H22N8O5. The Morgan fingerprint density at radius 3 is 2.28 bits per heavy atom. The zero-order chi connectivity index (χ0) is 22.6. The first kappa shape index (κ1) is 20.2. The summed E-state index contributed by atoms with van der Waals surface area (Å²) in [6, 6.07) is -0.0488. The standard InChI is InChI=1S/C19H22N8O5/c20-16(29)12-3-22-13(4-21-12)17(30)25-6-10-9-1-2-14(11(10)7-25)26(5-9)15(28)8-27-18(31)23-24-19(27)32/h3-4,9-11,14H,1-2,5-8H2,(H2,20,29)(H,23,31)(H,24,32). The summed E-state index contributed by atoms with van der Waals surface area (Å²) in [6.45, 7) is 1.29. The van der Waals surface area contributed by atoms with Gasteiger partial charge in [-0.05, 0) is 24.7 Å². The van der Waals surface area contributed by atoms with E-state index in [-0.39, 0.29) is 53.5 Å². The highest BCUT2D eigenvalue weighted by molar-refractivity contribution is 5.94. The van der Waals surface area contributed by atoms with Crippen LogP contribution in [-0.4, -0.2) is 77.9 Å². The maximum absolute atomic E-state index is 13.0. The van der Waals surface area contributed by atoms with E-state index >= 15 is 0 Å². The number of carbonyl (C=O) groups is 3. The molecule has 13 nitrogen and oxygen atoms in total. The minimum Gasteiger partial charge on any atom is -0.364 e. The second-order valence-electron chi connectivity index (χ2n) is 8.59. The number of fused-ring (bicyclic) bond motifs is 2. The van der Waals surface area contributed by atoms with Crippen molar-refractivity contribution in [2.24, 2.45) is 23.5 Å². The van der Waals surface area contributed by atoms with E-state index in [4.69, 9.17) is 5.73 Å². The van der Waals surface area contributed by atoms with Crippen molar-refractivity contribution < 1.29 is 14.4 Å². The van der Waals surface area contributed by atoms with Crippen molar-refractivity contribution in [3.63, 3.8) is 0 Å². The number of aromatic amines is 2. The number of aromatic nitrogens is 5. The lowest BCUT2D eigenvalue weighted by Gasteiger charge is -2.51. The zero-order valence-electron chi connectivity index (χ0n) is 17.1. The van der Waals surface area contributed by atoms with Crippen LogP contribution in [0.3, 0.4) is 0 Å². The maximum atomic E-state index is 13.0. The fraction of sp³-hybridized carbons (Fsp3) is 0.526. The van der Waals surface area contributed by atoms with Crippen molar-refractivity contribution in [2.45, 2.75) is 25.4 Å². The van der Waals surface area contributed by atoms with Gasteiger partial charge in [0.05, 0.1) is 12.4 Å². The molecule has 32 heavy (non-hydrogen) atoms. The van der Waals surface area contributed by atoms with Gasteiger partial charge in [-0.15, -0.1) is 0 Å². The van der Waals surface area contributed by atoms with Crippen LogP contribution < -0.4 is 17.1 Å². The Morgan fingerprint density at radius 1 is 0.969 bits per heavy atom.